The summed E-state index contributed by atoms with van der Waals surface area (Å²) in [5.41, 5.74) is 3.63. The van der Waals surface area contributed by atoms with Crippen LogP contribution in [0.5, 0.6) is 0 Å². The number of carbonyl (C=O) groups is 1. The predicted molar refractivity (Wildman–Crippen MR) is 121 cm³/mol. The van der Waals surface area contributed by atoms with E-state index < -0.39 is 5.97 Å². The van der Waals surface area contributed by atoms with Crippen molar-refractivity contribution in [3.05, 3.63) is 63.6 Å². The first-order chi connectivity index (χ1) is 15.1. The molecule has 1 saturated carbocycles. The fraction of sp³-hybridized carbons (Fsp3) is 0.375. The number of carboxylic acid groups (broad SMARTS) is 1. The van der Waals surface area contributed by atoms with Crippen LogP contribution < -0.4 is 5.56 Å². The van der Waals surface area contributed by atoms with Gasteiger partial charge in [-0.2, -0.15) is 16.4 Å². The molecule has 1 aliphatic carbocycles. The molecular weight excluding hydrogens is 412 g/mol. The molecule has 0 unspecified atom stereocenters. The van der Waals surface area contributed by atoms with Crippen LogP contribution in [-0.2, 0) is 16.1 Å². The fourth-order valence-electron chi connectivity index (χ4n) is 4.21. The zero-order valence-electron chi connectivity index (χ0n) is 17.3. The average Bonchev–Trinajstić information content (AvgIpc) is 3.31. The van der Waals surface area contributed by atoms with Crippen molar-refractivity contribution < 1.29 is 14.6 Å². The maximum Gasteiger partial charge on any atom is 0.329 e. The van der Waals surface area contributed by atoms with E-state index in [-0.39, 0.29) is 12.2 Å². The van der Waals surface area contributed by atoms with Gasteiger partial charge in [0.25, 0.3) is 5.56 Å². The quantitative estimate of drug-likeness (QED) is 0.558. The minimum Gasteiger partial charge on any atom is -0.480 e. The van der Waals surface area contributed by atoms with Crippen LogP contribution in [0, 0.1) is 11.8 Å². The van der Waals surface area contributed by atoms with Crippen LogP contribution in [0.2, 0.25) is 0 Å². The highest BCUT2D eigenvalue weighted by Gasteiger charge is 2.23. The van der Waals surface area contributed by atoms with E-state index in [1.165, 1.54) is 0 Å². The molecule has 0 bridgehead atoms. The second kappa shape index (κ2) is 10.0. The molecule has 0 atom stereocenters. The molecule has 31 heavy (non-hydrogen) atoms. The Kier molecular flexibility index (Phi) is 6.94. The molecule has 0 saturated heterocycles. The van der Waals surface area contributed by atoms with Crippen molar-refractivity contribution in [3.63, 3.8) is 0 Å². The highest BCUT2D eigenvalue weighted by molar-refractivity contribution is 7.08. The summed E-state index contributed by atoms with van der Waals surface area (Å²) < 4.78 is 6.87. The lowest BCUT2D eigenvalue weighted by Gasteiger charge is -2.28. The molecule has 1 N–H and O–H groups in total. The number of aliphatic carboxylic acids is 1. The van der Waals surface area contributed by atoms with E-state index in [4.69, 9.17) is 14.9 Å². The summed E-state index contributed by atoms with van der Waals surface area (Å²) in [5.74, 6) is -0.152. The summed E-state index contributed by atoms with van der Waals surface area (Å²) in [5, 5.41) is 17.6. The van der Waals surface area contributed by atoms with Crippen LogP contribution in [-0.4, -0.2) is 34.1 Å². The van der Waals surface area contributed by atoms with Crippen LogP contribution in [0.1, 0.15) is 25.7 Å². The van der Waals surface area contributed by atoms with E-state index in [9.17, 15) is 9.59 Å². The van der Waals surface area contributed by atoms with Crippen molar-refractivity contribution >= 4 is 17.3 Å². The number of benzene rings is 1. The van der Waals surface area contributed by atoms with Gasteiger partial charge in [-0.25, -0.2) is 9.48 Å². The molecule has 1 aromatic carbocycles. The SMILES string of the molecule is O=C(O)COC[C@H]1CC[C@@H](Cn2nc(-c3ccsc3)c(-c3ccccc3)cc2=O)CC1. The Hall–Kier alpha value is -2.77. The molecule has 7 heteroatoms. The molecule has 2 aromatic heterocycles. The van der Waals surface area contributed by atoms with Crippen molar-refractivity contribution in [1.82, 2.24) is 9.78 Å². The van der Waals surface area contributed by atoms with E-state index >= 15 is 0 Å². The first-order valence-corrected chi connectivity index (χ1v) is 11.5. The number of carboxylic acids is 1. The van der Waals surface area contributed by atoms with Gasteiger partial charge in [-0.15, -0.1) is 0 Å². The van der Waals surface area contributed by atoms with Crippen LogP contribution in [0.3, 0.4) is 0 Å². The number of hydrogen-bond donors (Lipinski definition) is 1. The topological polar surface area (TPSA) is 81.4 Å². The molecule has 2 heterocycles. The summed E-state index contributed by atoms with van der Waals surface area (Å²) in [6.07, 6.45) is 3.95. The minimum atomic E-state index is -0.931. The van der Waals surface area contributed by atoms with Gasteiger partial charge in [0.15, 0.2) is 0 Å². The van der Waals surface area contributed by atoms with Crippen molar-refractivity contribution in [2.75, 3.05) is 13.2 Å². The maximum atomic E-state index is 12.9. The Labute approximate surface area is 185 Å². The third-order valence-electron chi connectivity index (χ3n) is 5.85. The molecule has 0 amide bonds. The van der Waals surface area contributed by atoms with Crippen LogP contribution in [0.25, 0.3) is 22.4 Å². The summed E-state index contributed by atoms with van der Waals surface area (Å²) in [6.45, 7) is 0.859. The molecule has 3 aromatic rings. The highest BCUT2D eigenvalue weighted by Crippen LogP contribution is 2.32. The maximum absolute atomic E-state index is 12.9. The fourth-order valence-corrected chi connectivity index (χ4v) is 4.85. The van der Waals surface area contributed by atoms with Crippen molar-refractivity contribution in [2.24, 2.45) is 11.8 Å². The summed E-state index contributed by atoms with van der Waals surface area (Å²) in [7, 11) is 0. The zero-order valence-corrected chi connectivity index (χ0v) is 18.1. The van der Waals surface area contributed by atoms with Gasteiger partial charge >= 0.3 is 5.97 Å². The molecular formula is C24H26N2O4S. The van der Waals surface area contributed by atoms with Gasteiger partial charge in [-0.05, 0) is 54.5 Å². The van der Waals surface area contributed by atoms with E-state index in [1.807, 2.05) is 41.8 Å². The third kappa shape index (κ3) is 5.48. The predicted octanol–water partition coefficient (Wildman–Crippen LogP) is 4.55. The normalized spacial score (nSPS) is 18.7. The van der Waals surface area contributed by atoms with Gasteiger partial charge in [0, 0.05) is 29.1 Å². The van der Waals surface area contributed by atoms with Gasteiger partial charge in [-0.3, -0.25) is 4.79 Å². The molecule has 0 spiro atoms. The average molecular weight is 439 g/mol. The van der Waals surface area contributed by atoms with E-state index in [1.54, 1.807) is 22.1 Å². The Morgan fingerprint density at radius 1 is 1.10 bits per heavy atom. The Bertz CT molecular complexity index is 1050. The second-order valence-corrected chi connectivity index (χ2v) is 8.88. The minimum absolute atomic E-state index is 0.0789. The number of nitrogens with zero attached hydrogens (tertiary/aromatic N) is 2. The summed E-state index contributed by atoms with van der Waals surface area (Å²) >= 11 is 1.62. The number of rotatable bonds is 8. The number of thiophene rings is 1. The second-order valence-electron chi connectivity index (χ2n) is 8.10. The van der Waals surface area contributed by atoms with Crippen molar-refractivity contribution in [2.45, 2.75) is 32.2 Å². The Balaban J connectivity index is 1.49. The molecule has 1 fully saturated rings. The van der Waals surface area contributed by atoms with Crippen molar-refractivity contribution in [3.8, 4) is 22.4 Å². The molecule has 6 nitrogen and oxygen atoms in total. The largest absolute Gasteiger partial charge is 0.480 e. The first-order valence-electron chi connectivity index (χ1n) is 10.6. The van der Waals surface area contributed by atoms with E-state index in [2.05, 4.69) is 5.38 Å². The van der Waals surface area contributed by atoms with E-state index in [0.717, 1.165) is 48.1 Å². The lowest BCUT2D eigenvalue weighted by atomic mass is 9.82. The van der Waals surface area contributed by atoms with Gasteiger partial charge < -0.3 is 9.84 Å². The third-order valence-corrected chi connectivity index (χ3v) is 6.54. The molecule has 0 aliphatic heterocycles. The standard InChI is InChI=1S/C24H26N2O4S/c27-22-12-21(19-4-2-1-3-5-19)24(20-10-11-31-16-20)25-26(22)13-17-6-8-18(9-7-17)14-30-15-23(28)29/h1-5,10-12,16-18H,6-9,13-15H2,(H,28,29)/t17-,18+. The molecule has 162 valence electrons. The first kappa shape index (κ1) is 21.5. The smallest absolute Gasteiger partial charge is 0.329 e. The number of aromatic nitrogens is 2. The van der Waals surface area contributed by atoms with Gasteiger partial charge in [0.05, 0.1) is 12.3 Å². The number of ether oxygens (including phenoxy) is 1. The van der Waals surface area contributed by atoms with Crippen LogP contribution in [0.4, 0.5) is 0 Å². The Morgan fingerprint density at radius 3 is 2.52 bits per heavy atom. The zero-order chi connectivity index (χ0) is 21.6. The molecule has 0 radical (unpaired) electrons. The molecule has 4 rings (SSSR count). The summed E-state index contributed by atoms with van der Waals surface area (Å²) in [4.78, 5) is 23.5. The van der Waals surface area contributed by atoms with Gasteiger partial charge in [-0.1, -0.05) is 30.3 Å². The monoisotopic (exact) mass is 438 g/mol. The van der Waals surface area contributed by atoms with E-state index in [0.29, 0.717) is 25.0 Å². The highest BCUT2D eigenvalue weighted by atomic mass is 32.1. The van der Waals surface area contributed by atoms with Gasteiger partial charge in [0.1, 0.15) is 6.61 Å². The van der Waals surface area contributed by atoms with Crippen molar-refractivity contribution in [1.29, 1.82) is 0 Å². The summed E-state index contributed by atoms with van der Waals surface area (Å²) in [6, 6.07) is 13.7. The lowest BCUT2D eigenvalue weighted by molar-refractivity contribution is -0.142. The van der Waals surface area contributed by atoms with Crippen LogP contribution in [0.15, 0.2) is 58.0 Å². The van der Waals surface area contributed by atoms with Gasteiger partial charge in [0.2, 0.25) is 0 Å². The molecule has 1 aliphatic rings. The van der Waals surface area contributed by atoms with Crippen LogP contribution >= 0.6 is 11.3 Å². The number of hydrogen-bond acceptors (Lipinski definition) is 5. The lowest BCUT2D eigenvalue weighted by Crippen LogP contribution is -2.29. The Morgan fingerprint density at radius 2 is 1.84 bits per heavy atom.